The highest BCUT2D eigenvalue weighted by Gasteiger charge is 2.36. The summed E-state index contributed by atoms with van der Waals surface area (Å²) >= 11 is 15.7. The van der Waals surface area contributed by atoms with Crippen molar-refractivity contribution in [3.8, 4) is 5.75 Å². The number of carbonyl (C=O) groups is 2. The van der Waals surface area contributed by atoms with E-state index in [9.17, 15) is 9.59 Å². The van der Waals surface area contributed by atoms with Crippen LogP contribution in [0.1, 0.15) is 31.2 Å². The van der Waals surface area contributed by atoms with Crippen LogP contribution in [0.3, 0.4) is 0 Å². The van der Waals surface area contributed by atoms with E-state index >= 15 is 0 Å². The smallest absolute Gasteiger partial charge is 0.308 e. The van der Waals surface area contributed by atoms with Crippen molar-refractivity contribution < 1.29 is 19.1 Å². The van der Waals surface area contributed by atoms with E-state index in [-0.39, 0.29) is 22.6 Å². The maximum atomic E-state index is 12.1. The van der Waals surface area contributed by atoms with E-state index in [4.69, 9.17) is 32.7 Å². The van der Waals surface area contributed by atoms with Crippen LogP contribution >= 0.6 is 39.1 Å². The molecule has 2 aromatic rings. The number of amides is 1. The highest BCUT2D eigenvalue weighted by Crippen LogP contribution is 2.41. The molecule has 1 aliphatic rings. The van der Waals surface area contributed by atoms with Gasteiger partial charge in [0.1, 0.15) is 0 Å². The predicted octanol–water partition coefficient (Wildman–Crippen LogP) is 4.92. The topological polar surface area (TPSA) is 68.2 Å². The second kappa shape index (κ2) is 7.88. The van der Waals surface area contributed by atoms with Crippen LogP contribution in [0.15, 0.2) is 46.0 Å². The number of ether oxygens (including phenoxy) is 2. The average molecular weight is 472 g/mol. The molecule has 0 spiro atoms. The number of hydrazone groups is 1. The number of halogens is 3. The summed E-state index contributed by atoms with van der Waals surface area (Å²) < 4.78 is 12.0. The van der Waals surface area contributed by atoms with Crippen molar-refractivity contribution in [1.82, 2.24) is 5.01 Å². The summed E-state index contributed by atoms with van der Waals surface area (Å²) in [6.07, 6.45) is -0.980. The van der Waals surface area contributed by atoms with E-state index in [0.717, 1.165) is 9.48 Å². The summed E-state index contributed by atoms with van der Waals surface area (Å²) in [5.74, 6) is -0.622. The number of benzene rings is 2. The number of hydrogen-bond acceptors (Lipinski definition) is 5. The van der Waals surface area contributed by atoms with E-state index in [1.54, 1.807) is 12.1 Å². The Bertz CT molecular complexity index is 947. The van der Waals surface area contributed by atoms with Crippen molar-refractivity contribution >= 4 is 56.9 Å². The highest BCUT2D eigenvalue weighted by molar-refractivity contribution is 9.10. The van der Waals surface area contributed by atoms with E-state index in [1.807, 2.05) is 12.1 Å². The van der Waals surface area contributed by atoms with Gasteiger partial charge in [0.2, 0.25) is 18.0 Å². The molecule has 1 amide bonds. The summed E-state index contributed by atoms with van der Waals surface area (Å²) in [7, 11) is 0. The molecule has 1 heterocycles. The Hall–Kier alpha value is -2.09. The third-order valence-corrected chi connectivity index (χ3v) is 4.63. The molecule has 6 nitrogen and oxygen atoms in total. The lowest BCUT2D eigenvalue weighted by Gasteiger charge is -2.22. The van der Waals surface area contributed by atoms with Gasteiger partial charge in [0.25, 0.3) is 0 Å². The number of nitrogens with zero attached hydrogens (tertiary/aromatic N) is 2. The molecule has 27 heavy (non-hydrogen) atoms. The monoisotopic (exact) mass is 470 g/mol. The Labute approximate surface area is 173 Å². The number of rotatable bonds is 3. The van der Waals surface area contributed by atoms with Crippen molar-refractivity contribution in [2.75, 3.05) is 0 Å². The molecular weight excluding hydrogens is 459 g/mol. The van der Waals surface area contributed by atoms with Gasteiger partial charge in [-0.05, 0) is 36.4 Å². The first-order valence-electron chi connectivity index (χ1n) is 7.74. The predicted molar refractivity (Wildman–Crippen MR) is 105 cm³/mol. The fraction of sp³-hybridized carbons (Fsp3) is 0.167. The van der Waals surface area contributed by atoms with Crippen molar-refractivity contribution in [3.63, 3.8) is 0 Å². The molecule has 3 rings (SSSR count). The standard InChI is InChI=1S/C18H13BrCl2N2O4/c1-9(24)23-18(27-17(22-23)11-3-5-12(19)6-4-11)14-7-13(20)8-15(21)16(14)26-10(2)25/h3-8,18H,1-2H3. The van der Waals surface area contributed by atoms with Gasteiger partial charge in [-0.25, -0.2) is 0 Å². The van der Waals surface area contributed by atoms with Crippen molar-refractivity contribution in [3.05, 3.63) is 62.0 Å². The quantitative estimate of drug-likeness (QED) is 0.470. The molecule has 0 saturated carbocycles. The summed E-state index contributed by atoms with van der Waals surface area (Å²) in [6.45, 7) is 2.60. The molecular formula is C18H13BrCl2N2O4. The van der Waals surface area contributed by atoms with Crippen LogP contribution in [-0.2, 0) is 14.3 Å². The molecule has 9 heteroatoms. The van der Waals surface area contributed by atoms with Crippen LogP contribution < -0.4 is 4.74 Å². The molecule has 0 saturated heterocycles. The number of hydrogen-bond donors (Lipinski definition) is 0. The Kier molecular flexibility index (Phi) is 5.74. The van der Waals surface area contributed by atoms with E-state index < -0.39 is 12.2 Å². The minimum Gasteiger partial charge on any atom is -0.446 e. The van der Waals surface area contributed by atoms with Gasteiger partial charge in [0.15, 0.2) is 5.75 Å². The molecule has 0 aliphatic carbocycles. The lowest BCUT2D eigenvalue weighted by molar-refractivity contribution is -0.135. The molecule has 2 aromatic carbocycles. The van der Waals surface area contributed by atoms with Gasteiger partial charge in [-0.15, -0.1) is 5.10 Å². The van der Waals surface area contributed by atoms with Crippen LogP contribution in [0.5, 0.6) is 5.75 Å². The van der Waals surface area contributed by atoms with E-state index in [1.165, 1.54) is 26.0 Å². The molecule has 140 valence electrons. The zero-order chi connectivity index (χ0) is 19.7. The van der Waals surface area contributed by atoms with Gasteiger partial charge in [0, 0.05) is 28.9 Å². The number of carbonyl (C=O) groups excluding carboxylic acids is 2. The van der Waals surface area contributed by atoms with Gasteiger partial charge in [-0.2, -0.15) is 5.01 Å². The molecule has 0 N–H and O–H groups in total. The third-order valence-electron chi connectivity index (χ3n) is 3.61. The Morgan fingerprint density at radius 2 is 1.85 bits per heavy atom. The first-order valence-corrected chi connectivity index (χ1v) is 9.29. The number of esters is 1. The second-order valence-corrected chi connectivity index (χ2v) is 7.40. The highest BCUT2D eigenvalue weighted by atomic mass is 79.9. The average Bonchev–Trinajstić information content (AvgIpc) is 3.03. The van der Waals surface area contributed by atoms with Crippen molar-refractivity contribution in [2.24, 2.45) is 5.10 Å². The van der Waals surface area contributed by atoms with Gasteiger partial charge in [-0.1, -0.05) is 39.1 Å². The normalized spacial score (nSPS) is 16.0. The minimum atomic E-state index is -0.980. The largest absolute Gasteiger partial charge is 0.446 e. The lowest BCUT2D eigenvalue weighted by atomic mass is 10.1. The molecule has 0 bridgehead atoms. The first-order chi connectivity index (χ1) is 12.8. The Morgan fingerprint density at radius 1 is 1.19 bits per heavy atom. The lowest BCUT2D eigenvalue weighted by Crippen LogP contribution is -2.26. The first kappa shape index (κ1) is 19.7. The molecule has 1 unspecified atom stereocenters. The summed E-state index contributed by atoms with van der Waals surface area (Å²) in [5, 5.41) is 5.83. The van der Waals surface area contributed by atoms with Gasteiger partial charge < -0.3 is 9.47 Å². The fourth-order valence-corrected chi connectivity index (χ4v) is 3.31. The van der Waals surface area contributed by atoms with Crippen LogP contribution in [-0.4, -0.2) is 22.8 Å². The maximum absolute atomic E-state index is 12.1. The summed E-state index contributed by atoms with van der Waals surface area (Å²) in [4.78, 5) is 23.6. The zero-order valence-electron chi connectivity index (χ0n) is 14.2. The van der Waals surface area contributed by atoms with Gasteiger partial charge >= 0.3 is 5.97 Å². The van der Waals surface area contributed by atoms with Gasteiger partial charge in [0.05, 0.1) is 10.6 Å². The van der Waals surface area contributed by atoms with E-state index in [2.05, 4.69) is 21.0 Å². The Balaban J connectivity index is 2.05. The van der Waals surface area contributed by atoms with Gasteiger partial charge in [-0.3, -0.25) is 9.59 Å². The molecule has 1 aliphatic heterocycles. The molecule has 0 fully saturated rings. The molecule has 0 radical (unpaired) electrons. The Morgan fingerprint density at radius 3 is 2.44 bits per heavy atom. The minimum absolute atomic E-state index is 0.0667. The molecule has 0 aromatic heterocycles. The second-order valence-electron chi connectivity index (χ2n) is 5.65. The van der Waals surface area contributed by atoms with E-state index in [0.29, 0.717) is 16.1 Å². The van der Waals surface area contributed by atoms with Crippen LogP contribution in [0.25, 0.3) is 0 Å². The maximum Gasteiger partial charge on any atom is 0.308 e. The van der Waals surface area contributed by atoms with Crippen molar-refractivity contribution in [2.45, 2.75) is 20.1 Å². The van der Waals surface area contributed by atoms with Crippen LogP contribution in [0.2, 0.25) is 10.0 Å². The van der Waals surface area contributed by atoms with Crippen LogP contribution in [0, 0.1) is 0 Å². The van der Waals surface area contributed by atoms with Crippen LogP contribution in [0.4, 0.5) is 0 Å². The van der Waals surface area contributed by atoms with Crippen molar-refractivity contribution in [1.29, 1.82) is 0 Å². The SMILES string of the molecule is CC(=O)Oc1c(Cl)cc(Cl)cc1C1OC(c2ccc(Br)cc2)=NN1C(C)=O. The molecule has 1 atom stereocenters. The zero-order valence-corrected chi connectivity index (χ0v) is 17.3. The summed E-state index contributed by atoms with van der Waals surface area (Å²) in [5.41, 5.74) is 0.989. The fourth-order valence-electron chi connectivity index (χ4n) is 2.49. The third kappa shape index (κ3) is 4.26. The summed E-state index contributed by atoms with van der Waals surface area (Å²) in [6, 6.07) is 10.2.